The first-order valence-electron chi connectivity index (χ1n) is 5.60. The van der Waals surface area contributed by atoms with Crippen LogP contribution >= 0.6 is 0 Å². The number of urea groups is 1. The highest BCUT2D eigenvalue weighted by Gasteiger charge is 2.22. The zero-order chi connectivity index (χ0) is 14.3. The van der Waals surface area contributed by atoms with E-state index >= 15 is 0 Å². The molecule has 104 valence electrons. The molecule has 0 heterocycles. The Morgan fingerprint density at radius 1 is 1.33 bits per heavy atom. The lowest BCUT2D eigenvalue weighted by molar-refractivity contribution is -0.142. The first kappa shape index (κ1) is 16.2. The molecule has 2 amide bonds. The number of amides is 2. The minimum atomic E-state index is -0.972. The van der Waals surface area contributed by atoms with Gasteiger partial charge in [-0.2, -0.15) is 0 Å². The molecule has 0 bridgehead atoms. The fraction of sp³-hybridized carbons (Fsp3) is 0.727. The van der Waals surface area contributed by atoms with Crippen LogP contribution < -0.4 is 5.32 Å². The number of ether oxygens (including phenoxy) is 1. The number of methoxy groups -OCH3 is 1. The van der Waals surface area contributed by atoms with E-state index in [1.54, 1.807) is 6.92 Å². The molecule has 0 aliphatic heterocycles. The van der Waals surface area contributed by atoms with Gasteiger partial charge in [0.2, 0.25) is 0 Å². The van der Waals surface area contributed by atoms with Crippen molar-refractivity contribution in [2.24, 2.45) is 5.92 Å². The predicted octanol–water partition coefficient (Wildman–Crippen LogP) is 0.300. The van der Waals surface area contributed by atoms with Gasteiger partial charge in [-0.15, -0.1) is 0 Å². The Labute approximate surface area is 106 Å². The SMILES string of the molecule is COC(=O)CCN(C)C(=O)NC(C)C(C)C(=O)O. The molecule has 0 rings (SSSR count). The standard InChI is InChI=1S/C11H20N2O5/c1-7(10(15)16)8(2)12-11(17)13(3)6-5-9(14)18-4/h7-8H,5-6H2,1-4H3,(H,12,17)(H,15,16). The summed E-state index contributed by atoms with van der Waals surface area (Å²) in [6, 6.07) is -0.907. The van der Waals surface area contributed by atoms with Crippen LogP contribution in [0.4, 0.5) is 4.79 Å². The Morgan fingerprint density at radius 3 is 2.33 bits per heavy atom. The number of carboxylic acid groups (broad SMARTS) is 1. The molecule has 0 aliphatic carbocycles. The Morgan fingerprint density at radius 2 is 1.89 bits per heavy atom. The van der Waals surface area contributed by atoms with Crippen LogP contribution in [-0.4, -0.2) is 54.7 Å². The zero-order valence-electron chi connectivity index (χ0n) is 11.1. The van der Waals surface area contributed by atoms with E-state index in [2.05, 4.69) is 10.1 Å². The van der Waals surface area contributed by atoms with Crippen molar-refractivity contribution in [3.63, 3.8) is 0 Å². The molecule has 0 fully saturated rings. The van der Waals surface area contributed by atoms with E-state index in [1.807, 2.05) is 0 Å². The molecule has 7 heteroatoms. The third-order valence-corrected chi connectivity index (χ3v) is 2.72. The molecule has 0 aromatic rings. The van der Waals surface area contributed by atoms with Crippen molar-refractivity contribution in [2.45, 2.75) is 26.3 Å². The number of hydrogen-bond acceptors (Lipinski definition) is 4. The quantitative estimate of drug-likeness (QED) is 0.670. The van der Waals surface area contributed by atoms with Gasteiger partial charge in [0.05, 0.1) is 19.4 Å². The van der Waals surface area contributed by atoms with Gasteiger partial charge in [-0.25, -0.2) is 4.79 Å². The highest BCUT2D eigenvalue weighted by atomic mass is 16.5. The van der Waals surface area contributed by atoms with Gasteiger partial charge < -0.3 is 20.1 Å². The minimum absolute atomic E-state index is 0.100. The van der Waals surface area contributed by atoms with Crippen molar-refractivity contribution in [1.82, 2.24) is 10.2 Å². The van der Waals surface area contributed by atoms with Crippen LogP contribution in [0.15, 0.2) is 0 Å². The van der Waals surface area contributed by atoms with Crippen molar-refractivity contribution in [1.29, 1.82) is 0 Å². The van der Waals surface area contributed by atoms with Crippen molar-refractivity contribution in [3.8, 4) is 0 Å². The topological polar surface area (TPSA) is 95.9 Å². The van der Waals surface area contributed by atoms with Gasteiger partial charge in [0.1, 0.15) is 0 Å². The number of nitrogens with zero attached hydrogens (tertiary/aromatic N) is 1. The third kappa shape index (κ3) is 5.51. The summed E-state index contributed by atoms with van der Waals surface area (Å²) in [5.74, 6) is -2.05. The van der Waals surface area contributed by atoms with Gasteiger partial charge in [0, 0.05) is 19.6 Å². The molecule has 0 saturated heterocycles. The molecule has 7 nitrogen and oxygen atoms in total. The third-order valence-electron chi connectivity index (χ3n) is 2.72. The number of carboxylic acids is 1. The van der Waals surface area contributed by atoms with E-state index in [-0.39, 0.29) is 13.0 Å². The van der Waals surface area contributed by atoms with Gasteiger partial charge >= 0.3 is 18.0 Å². The monoisotopic (exact) mass is 260 g/mol. The van der Waals surface area contributed by atoms with Gasteiger partial charge in [-0.3, -0.25) is 9.59 Å². The Hall–Kier alpha value is -1.79. The van der Waals surface area contributed by atoms with E-state index in [1.165, 1.54) is 26.0 Å². The average molecular weight is 260 g/mol. The number of nitrogens with one attached hydrogen (secondary N) is 1. The number of esters is 1. The molecule has 0 aromatic heterocycles. The van der Waals surface area contributed by atoms with E-state index in [4.69, 9.17) is 5.11 Å². The van der Waals surface area contributed by atoms with Crippen LogP contribution in [0.25, 0.3) is 0 Å². The lowest BCUT2D eigenvalue weighted by atomic mass is 10.0. The van der Waals surface area contributed by atoms with Crippen LogP contribution in [0.1, 0.15) is 20.3 Å². The summed E-state index contributed by atoms with van der Waals surface area (Å²) in [5, 5.41) is 11.3. The van der Waals surface area contributed by atoms with Crippen LogP contribution in [0.2, 0.25) is 0 Å². The molecule has 0 aromatic carbocycles. The summed E-state index contributed by atoms with van der Waals surface area (Å²) in [7, 11) is 2.80. The summed E-state index contributed by atoms with van der Waals surface area (Å²) in [5.41, 5.74) is 0. The van der Waals surface area contributed by atoms with E-state index in [0.717, 1.165) is 0 Å². The largest absolute Gasteiger partial charge is 0.481 e. The van der Waals surface area contributed by atoms with Crippen LogP contribution in [0, 0.1) is 5.92 Å². The van der Waals surface area contributed by atoms with Gasteiger partial charge in [0.15, 0.2) is 0 Å². The van der Waals surface area contributed by atoms with E-state index in [9.17, 15) is 14.4 Å². The maximum absolute atomic E-state index is 11.7. The van der Waals surface area contributed by atoms with Gasteiger partial charge in [-0.1, -0.05) is 0 Å². The number of carbonyl (C=O) groups is 3. The van der Waals surface area contributed by atoms with Crippen LogP contribution in [-0.2, 0) is 14.3 Å². The minimum Gasteiger partial charge on any atom is -0.481 e. The zero-order valence-corrected chi connectivity index (χ0v) is 11.1. The smallest absolute Gasteiger partial charge is 0.317 e. The average Bonchev–Trinajstić information content (AvgIpc) is 2.33. The molecule has 18 heavy (non-hydrogen) atoms. The van der Waals surface area contributed by atoms with Gasteiger partial charge in [0.25, 0.3) is 0 Å². The maximum atomic E-state index is 11.7. The maximum Gasteiger partial charge on any atom is 0.317 e. The summed E-state index contributed by atoms with van der Waals surface area (Å²) < 4.78 is 4.46. The van der Waals surface area contributed by atoms with Crippen LogP contribution in [0.3, 0.4) is 0 Å². The molecule has 0 radical (unpaired) electrons. The molecule has 2 unspecified atom stereocenters. The van der Waals surface area contributed by atoms with Gasteiger partial charge in [-0.05, 0) is 13.8 Å². The fourth-order valence-corrected chi connectivity index (χ4v) is 1.11. The molecular formula is C11H20N2O5. The molecule has 0 spiro atoms. The molecular weight excluding hydrogens is 240 g/mol. The summed E-state index contributed by atoms with van der Waals surface area (Å²) in [4.78, 5) is 34.6. The second-order valence-electron chi connectivity index (χ2n) is 4.11. The van der Waals surface area contributed by atoms with Crippen LogP contribution in [0.5, 0.6) is 0 Å². The van der Waals surface area contributed by atoms with Crippen molar-refractivity contribution >= 4 is 18.0 Å². The second kappa shape index (κ2) is 7.52. The second-order valence-corrected chi connectivity index (χ2v) is 4.11. The number of hydrogen-bond donors (Lipinski definition) is 2. The lowest BCUT2D eigenvalue weighted by Crippen LogP contribution is -2.46. The Balaban J connectivity index is 4.15. The molecule has 0 aliphatic rings. The van der Waals surface area contributed by atoms with E-state index < -0.39 is 29.9 Å². The molecule has 2 atom stereocenters. The Kier molecular flexibility index (Phi) is 6.77. The molecule has 2 N–H and O–H groups in total. The highest BCUT2D eigenvalue weighted by molar-refractivity contribution is 5.77. The first-order valence-corrected chi connectivity index (χ1v) is 5.60. The van der Waals surface area contributed by atoms with Crippen molar-refractivity contribution < 1.29 is 24.2 Å². The summed E-state index contributed by atoms with van der Waals surface area (Å²) in [6.07, 6.45) is 0.100. The number of rotatable bonds is 6. The van der Waals surface area contributed by atoms with E-state index in [0.29, 0.717) is 0 Å². The lowest BCUT2D eigenvalue weighted by Gasteiger charge is -2.23. The molecule has 0 saturated carbocycles. The number of carbonyl (C=O) groups excluding carboxylic acids is 2. The fourth-order valence-electron chi connectivity index (χ4n) is 1.11. The van der Waals surface area contributed by atoms with Crippen molar-refractivity contribution in [3.05, 3.63) is 0 Å². The van der Waals surface area contributed by atoms with Crippen molar-refractivity contribution in [2.75, 3.05) is 20.7 Å². The predicted molar refractivity (Wildman–Crippen MR) is 64.1 cm³/mol. The summed E-state index contributed by atoms with van der Waals surface area (Å²) >= 11 is 0. The normalized spacial score (nSPS) is 13.3. The first-order chi connectivity index (χ1) is 8.29. The summed E-state index contributed by atoms with van der Waals surface area (Å²) in [6.45, 7) is 3.35. The Bertz CT molecular complexity index is 319. The number of aliphatic carboxylic acids is 1. The highest BCUT2D eigenvalue weighted by Crippen LogP contribution is 2.03.